The quantitative estimate of drug-likeness (QED) is 0.813. The summed E-state index contributed by atoms with van der Waals surface area (Å²) in [7, 11) is 1.91. The molecule has 5 nitrogen and oxygen atoms in total. The Bertz CT molecular complexity index is 662. The predicted octanol–water partition coefficient (Wildman–Crippen LogP) is 1.42. The average Bonchev–Trinajstić information content (AvgIpc) is 2.75. The lowest BCUT2D eigenvalue weighted by Gasteiger charge is -2.27. The number of β-amino-alcohol motifs (C(OH)–C–C–N with tert-alkyl or cyclic N) is 1. The van der Waals surface area contributed by atoms with E-state index in [1.54, 1.807) is 6.92 Å². The first-order valence-electron chi connectivity index (χ1n) is 6.80. The van der Waals surface area contributed by atoms with Gasteiger partial charge < -0.3 is 14.4 Å². The van der Waals surface area contributed by atoms with Crippen LogP contribution in [-0.2, 0) is 16.6 Å². The SMILES string of the molecule is CCOC(=O)C1NCC(O)c2c1c1ccccc1n2C. The maximum absolute atomic E-state index is 12.1. The number of rotatable bonds is 2. The van der Waals surface area contributed by atoms with Crippen LogP contribution in [0.2, 0.25) is 0 Å². The number of aryl methyl sites for hydroxylation is 1. The van der Waals surface area contributed by atoms with Gasteiger partial charge in [0.15, 0.2) is 0 Å². The van der Waals surface area contributed by atoms with Crippen molar-refractivity contribution in [2.45, 2.75) is 19.1 Å². The molecule has 0 radical (unpaired) electrons. The Morgan fingerprint density at radius 3 is 3.00 bits per heavy atom. The van der Waals surface area contributed by atoms with Gasteiger partial charge in [0.25, 0.3) is 0 Å². The minimum atomic E-state index is -0.618. The van der Waals surface area contributed by atoms with Gasteiger partial charge in [0.2, 0.25) is 0 Å². The van der Waals surface area contributed by atoms with Crippen LogP contribution in [0.4, 0.5) is 0 Å². The molecule has 2 N–H and O–H groups in total. The van der Waals surface area contributed by atoms with Crippen molar-refractivity contribution in [3.8, 4) is 0 Å². The number of nitrogens with zero attached hydrogens (tertiary/aromatic N) is 1. The van der Waals surface area contributed by atoms with E-state index < -0.39 is 12.1 Å². The smallest absolute Gasteiger partial charge is 0.327 e. The second kappa shape index (κ2) is 4.92. The normalized spacial score (nSPS) is 21.8. The van der Waals surface area contributed by atoms with Crippen molar-refractivity contribution in [1.82, 2.24) is 9.88 Å². The molecule has 3 rings (SSSR count). The van der Waals surface area contributed by atoms with Gasteiger partial charge in [-0.1, -0.05) is 18.2 Å². The molecule has 1 aromatic carbocycles. The molecule has 0 saturated carbocycles. The van der Waals surface area contributed by atoms with E-state index >= 15 is 0 Å². The number of fused-ring (bicyclic) bond motifs is 3. The number of esters is 1. The second-order valence-corrected chi connectivity index (χ2v) is 4.98. The molecule has 1 aliphatic heterocycles. The zero-order chi connectivity index (χ0) is 14.3. The maximum atomic E-state index is 12.1. The van der Waals surface area contributed by atoms with E-state index in [4.69, 9.17) is 4.74 Å². The number of aromatic nitrogens is 1. The Balaban J connectivity index is 2.22. The highest BCUT2D eigenvalue weighted by Crippen LogP contribution is 2.37. The molecular formula is C15H18N2O3. The lowest BCUT2D eigenvalue weighted by atomic mass is 9.96. The summed E-state index contributed by atoms with van der Waals surface area (Å²) in [6.07, 6.45) is -0.618. The van der Waals surface area contributed by atoms with E-state index in [1.165, 1.54) is 0 Å². The molecule has 1 aliphatic rings. The Kier molecular flexibility index (Phi) is 3.23. The Labute approximate surface area is 117 Å². The van der Waals surface area contributed by atoms with Crippen molar-refractivity contribution in [3.05, 3.63) is 35.5 Å². The summed E-state index contributed by atoms with van der Waals surface area (Å²) >= 11 is 0. The van der Waals surface area contributed by atoms with Gasteiger partial charge in [-0.05, 0) is 13.0 Å². The van der Waals surface area contributed by atoms with Gasteiger partial charge in [-0.3, -0.25) is 5.32 Å². The summed E-state index contributed by atoms with van der Waals surface area (Å²) < 4.78 is 7.10. The molecule has 5 heteroatoms. The number of nitrogens with one attached hydrogen (secondary N) is 1. The van der Waals surface area contributed by atoms with Crippen molar-refractivity contribution in [1.29, 1.82) is 0 Å². The molecule has 0 bridgehead atoms. The first-order valence-corrected chi connectivity index (χ1v) is 6.80. The van der Waals surface area contributed by atoms with Crippen molar-refractivity contribution < 1.29 is 14.6 Å². The molecule has 20 heavy (non-hydrogen) atoms. The fourth-order valence-corrected chi connectivity index (χ4v) is 3.00. The van der Waals surface area contributed by atoms with E-state index in [-0.39, 0.29) is 5.97 Å². The Morgan fingerprint density at radius 2 is 2.25 bits per heavy atom. The Hall–Kier alpha value is -1.85. The standard InChI is InChI=1S/C15H18N2O3/c1-3-20-15(19)13-12-9-6-4-5-7-10(9)17(2)14(12)11(18)8-16-13/h4-7,11,13,16,18H,3,8H2,1-2H3. The number of benzene rings is 1. The van der Waals surface area contributed by atoms with Crippen molar-refractivity contribution in [3.63, 3.8) is 0 Å². The molecule has 2 aromatic rings. The molecule has 1 aromatic heterocycles. The van der Waals surface area contributed by atoms with Gasteiger partial charge in [0.1, 0.15) is 12.1 Å². The predicted molar refractivity (Wildman–Crippen MR) is 75.3 cm³/mol. The minimum Gasteiger partial charge on any atom is -0.465 e. The van der Waals surface area contributed by atoms with Gasteiger partial charge in [-0.25, -0.2) is 4.79 Å². The van der Waals surface area contributed by atoms with E-state index in [1.807, 2.05) is 35.9 Å². The number of aliphatic hydroxyl groups is 1. The summed E-state index contributed by atoms with van der Waals surface area (Å²) in [5, 5.41) is 14.3. The lowest BCUT2D eigenvalue weighted by molar-refractivity contribution is -0.146. The van der Waals surface area contributed by atoms with Gasteiger partial charge in [-0.15, -0.1) is 0 Å². The van der Waals surface area contributed by atoms with Crippen LogP contribution in [0.1, 0.15) is 30.3 Å². The van der Waals surface area contributed by atoms with Crippen LogP contribution in [0.15, 0.2) is 24.3 Å². The molecule has 2 unspecified atom stereocenters. The van der Waals surface area contributed by atoms with E-state index in [0.717, 1.165) is 22.2 Å². The molecule has 0 aliphatic carbocycles. The van der Waals surface area contributed by atoms with Crippen LogP contribution in [0.5, 0.6) is 0 Å². The molecule has 0 saturated heterocycles. The summed E-state index contributed by atoms with van der Waals surface area (Å²) in [4.78, 5) is 12.1. The van der Waals surface area contributed by atoms with Gasteiger partial charge >= 0.3 is 5.97 Å². The summed E-state index contributed by atoms with van der Waals surface area (Å²) in [5.41, 5.74) is 2.64. The molecule has 0 spiro atoms. The zero-order valence-electron chi connectivity index (χ0n) is 11.6. The Morgan fingerprint density at radius 1 is 1.50 bits per heavy atom. The number of carbonyl (C=O) groups is 1. The number of ether oxygens (including phenoxy) is 1. The number of carbonyl (C=O) groups excluding carboxylic acids is 1. The fraction of sp³-hybridized carbons (Fsp3) is 0.400. The molecule has 0 fully saturated rings. The topological polar surface area (TPSA) is 63.5 Å². The molecule has 106 valence electrons. The number of para-hydroxylation sites is 1. The molecular weight excluding hydrogens is 256 g/mol. The summed E-state index contributed by atoms with van der Waals surface area (Å²) in [6, 6.07) is 7.33. The van der Waals surface area contributed by atoms with Crippen molar-refractivity contribution >= 4 is 16.9 Å². The highest BCUT2D eigenvalue weighted by atomic mass is 16.5. The van der Waals surface area contributed by atoms with Gasteiger partial charge in [-0.2, -0.15) is 0 Å². The number of aliphatic hydroxyl groups excluding tert-OH is 1. The maximum Gasteiger partial charge on any atom is 0.327 e. The van der Waals surface area contributed by atoms with Crippen molar-refractivity contribution in [2.24, 2.45) is 7.05 Å². The highest BCUT2D eigenvalue weighted by molar-refractivity contribution is 5.92. The van der Waals surface area contributed by atoms with Gasteiger partial charge in [0.05, 0.1) is 12.3 Å². The minimum absolute atomic E-state index is 0.294. The first-order chi connectivity index (χ1) is 9.65. The van der Waals surface area contributed by atoms with Crippen LogP contribution < -0.4 is 5.32 Å². The molecule has 0 amide bonds. The van der Waals surface area contributed by atoms with Crippen LogP contribution in [0, 0.1) is 0 Å². The van der Waals surface area contributed by atoms with E-state index in [0.29, 0.717) is 13.2 Å². The third-order valence-corrected chi connectivity index (χ3v) is 3.83. The first kappa shape index (κ1) is 13.1. The third-order valence-electron chi connectivity index (χ3n) is 3.83. The fourth-order valence-electron chi connectivity index (χ4n) is 3.00. The van der Waals surface area contributed by atoms with Crippen molar-refractivity contribution in [2.75, 3.05) is 13.2 Å². The number of hydrogen-bond donors (Lipinski definition) is 2. The van der Waals surface area contributed by atoms with E-state index in [2.05, 4.69) is 5.32 Å². The number of hydrogen-bond acceptors (Lipinski definition) is 4. The highest BCUT2D eigenvalue weighted by Gasteiger charge is 2.35. The van der Waals surface area contributed by atoms with E-state index in [9.17, 15) is 9.90 Å². The third kappa shape index (κ3) is 1.82. The monoisotopic (exact) mass is 274 g/mol. The second-order valence-electron chi connectivity index (χ2n) is 4.98. The lowest BCUT2D eigenvalue weighted by Crippen LogP contribution is -2.38. The summed E-state index contributed by atoms with van der Waals surface area (Å²) in [6.45, 7) is 2.49. The van der Waals surface area contributed by atoms with Crippen LogP contribution in [-0.4, -0.2) is 28.8 Å². The van der Waals surface area contributed by atoms with Gasteiger partial charge in [0, 0.05) is 30.1 Å². The van der Waals surface area contributed by atoms with Crippen LogP contribution in [0.3, 0.4) is 0 Å². The van der Waals surface area contributed by atoms with Crippen LogP contribution in [0.25, 0.3) is 10.9 Å². The van der Waals surface area contributed by atoms with Crippen LogP contribution >= 0.6 is 0 Å². The summed E-state index contributed by atoms with van der Waals surface area (Å²) in [5.74, 6) is -0.294. The average molecular weight is 274 g/mol. The molecule has 2 heterocycles. The zero-order valence-corrected chi connectivity index (χ0v) is 11.6. The largest absolute Gasteiger partial charge is 0.465 e. The molecule has 2 atom stereocenters.